The van der Waals surface area contributed by atoms with Crippen molar-refractivity contribution in [3.63, 3.8) is 0 Å². The maximum atomic E-state index is 5.75. The van der Waals surface area contributed by atoms with E-state index >= 15 is 0 Å². The van der Waals surface area contributed by atoms with Crippen molar-refractivity contribution in [2.24, 2.45) is 0 Å². The molecule has 1 fully saturated rings. The number of piperazine rings is 1. The van der Waals surface area contributed by atoms with E-state index < -0.39 is 0 Å². The van der Waals surface area contributed by atoms with Crippen molar-refractivity contribution in [2.45, 2.75) is 20.0 Å². The van der Waals surface area contributed by atoms with Gasteiger partial charge in [0.25, 0.3) is 0 Å². The molecule has 3 aromatic carbocycles. The molecule has 0 atom stereocenters. The molecule has 35 heavy (non-hydrogen) atoms. The summed E-state index contributed by atoms with van der Waals surface area (Å²) < 4.78 is 5.75. The topological polar surface area (TPSA) is 73.1 Å². The number of fused-ring (bicyclic) bond motifs is 2. The molecule has 2 N–H and O–H groups in total. The molecule has 5 aromatic rings. The predicted octanol–water partition coefficient (Wildman–Crippen LogP) is 5.31. The maximum absolute atomic E-state index is 5.75. The van der Waals surface area contributed by atoms with E-state index in [4.69, 9.17) is 14.7 Å². The van der Waals surface area contributed by atoms with Gasteiger partial charge in [-0.2, -0.15) is 0 Å². The number of benzene rings is 3. The molecule has 0 spiro atoms. The van der Waals surface area contributed by atoms with Gasteiger partial charge in [-0.15, -0.1) is 0 Å². The average Bonchev–Trinajstić information content (AvgIpc) is 3.48. The second-order valence-electron chi connectivity index (χ2n) is 9.59. The van der Waals surface area contributed by atoms with Gasteiger partial charge in [-0.25, -0.2) is 9.97 Å². The van der Waals surface area contributed by atoms with E-state index in [-0.39, 0.29) is 6.10 Å². The number of imidazole rings is 2. The molecular weight excluding hydrogens is 436 g/mol. The van der Waals surface area contributed by atoms with Gasteiger partial charge < -0.3 is 24.5 Å². The van der Waals surface area contributed by atoms with Crippen molar-refractivity contribution in [1.29, 1.82) is 0 Å². The number of nitrogens with zero attached hydrogens (tertiary/aromatic N) is 4. The highest BCUT2D eigenvalue weighted by atomic mass is 16.5. The van der Waals surface area contributed by atoms with E-state index in [1.54, 1.807) is 0 Å². The monoisotopic (exact) mass is 466 g/mol. The molecule has 7 heteroatoms. The fraction of sp³-hybridized carbons (Fsp3) is 0.286. The summed E-state index contributed by atoms with van der Waals surface area (Å²) in [6.07, 6.45) is 0.155. The number of anilines is 1. The minimum Gasteiger partial charge on any atom is -0.491 e. The first-order valence-corrected chi connectivity index (χ1v) is 12.2. The quantitative estimate of drug-likeness (QED) is 0.367. The third-order valence-corrected chi connectivity index (χ3v) is 6.59. The molecule has 178 valence electrons. The van der Waals surface area contributed by atoms with Crippen molar-refractivity contribution in [1.82, 2.24) is 24.8 Å². The zero-order valence-electron chi connectivity index (χ0n) is 20.4. The van der Waals surface area contributed by atoms with Crippen LogP contribution in [-0.4, -0.2) is 64.2 Å². The summed E-state index contributed by atoms with van der Waals surface area (Å²) in [5.74, 6) is 2.57. The van der Waals surface area contributed by atoms with Crippen LogP contribution >= 0.6 is 0 Å². The fourth-order valence-electron chi connectivity index (χ4n) is 4.65. The normalized spacial score (nSPS) is 14.9. The summed E-state index contributed by atoms with van der Waals surface area (Å²) in [5.41, 5.74) is 7.26. The highest BCUT2D eigenvalue weighted by Crippen LogP contribution is 2.29. The van der Waals surface area contributed by atoms with Crippen LogP contribution in [0.4, 0.5) is 5.69 Å². The lowest BCUT2D eigenvalue weighted by Gasteiger charge is -2.34. The third-order valence-electron chi connectivity index (χ3n) is 6.59. The van der Waals surface area contributed by atoms with Crippen LogP contribution in [0.3, 0.4) is 0 Å². The van der Waals surface area contributed by atoms with E-state index in [1.165, 1.54) is 5.69 Å². The highest BCUT2D eigenvalue weighted by molar-refractivity contribution is 5.87. The molecule has 0 bridgehead atoms. The molecule has 0 saturated carbocycles. The Bertz CT molecular complexity index is 1470. The molecule has 2 aromatic heterocycles. The van der Waals surface area contributed by atoms with Crippen molar-refractivity contribution in [2.75, 3.05) is 38.1 Å². The molecule has 0 aliphatic carbocycles. The molecule has 1 aliphatic heterocycles. The second-order valence-corrected chi connectivity index (χ2v) is 9.59. The smallest absolute Gasteiger partial charge is 0.138 e. The number of H-pyrrole nitrogens is 2. The van der Waals surface area contributed by atoms with Crippen molar-refractivity contribution >= 4 is 27.8 Å². The van der Waals surface area contributed by atoms with E-state index in [2.05, 4.69) is 57.1 Å². The van der Waals surface area contributed by atoms with Gasteiger partial charge in [0.05, 0.1) is 28.2 Å². The summed E-state index contributed by atoms with van der Waals surface area (Å²) in [4.78, 5) is 21.5. The first kappa shape index (κ1) is 21.7. The molecular formula is C28H30N6O. The lowest BCUT2D eigenvalue weighted by atomic mass is 10.2. The van der Waals surface area contributed by atoms with Crippen LogP contribution < -0.4 is 9.64 Å². The number of likely N-dealkylation sites (N-methyl/N-ethyl adjacent to an activating group) is 1. The Hall–Kier alpha value is -3.84. The maximum Gasteiger partial charge on any atom is 0.138 e. The standard InChI is InChI=1S/C28H30N6O/c1-18(2)35-22-8-4-19(5-9-22)27-29-23-10-6-20(16-25(23)31-27)28-30-24-11-7-21(17-26(24)32-28)34-14-12-33(3)13-15-34/h4-11,16-18H,12-15H2,1-3H3,(H,29,31)(H,30,32). The van der Waals surface area contributed by atoms with Crippen LogP contribution in [-0.2, 0) is 0 Å². The lowest BCUT2D eigenvalue weighted by molar-refractivity contribution is 0.242. The number of hydrogen-bond acceptors (Lipinski definition) is 5. The molecule has 7 nitrogen and oxygen atoms in total. The Morgan fingerprint density at radius 3 is 2.03 bits per heavy atom. The number of aromatic amines is 2. The molecule has 1 aliphatic rings. The Labute approximate surface area is 204 Å². The number of rotatable bonds is 5. The zero-order valence-corrected chi connectivity index (χ0v) is 20.4. The molecule has 6 rings (SSSR count). The summed E-state index contributed by atoms with van der Waals surface area (Å²) in [5, 5.41) is 0. The largest absolute Gasteiger partial charge is 0.491 e. The summed E-state index contributed by atoms with van der Waals surface area (Å²) in [7, 11) is 2.18. The van der Waals surface area contributed by atoms with Crippen molar-refractivity contribution in [3.05, 3.63) is 60.7 Å². The molecule has 0 unspecified atom stereocenters. The Balaban J connectivity index is 1.27. The number of nitrogens with one attached hydrogen (secondary N) is 2. The molecule has 0 amide bonds. The number of hydrogen-bond donors (Lipinski definition) is 2. The molecule has 0 radical (unpaired) electrons. The van der Waals surface area contributed by atoms with Crippen LogP contribution in [0.2, 0.25) is 0 Å². The van der Waals surface area contributed by atoms with Crippen LogP contribution in [0, 0.1) is 0 Å². The van der Waals surface area contributed by atoms with Gasteiger partial charge in [0.1, 0.15) is 17.4 Å². The highest BCUT2D eigenvalue weighted by Gasteiger charge is 2.16. The number of aromatic nitrogens is 4. The van der Waals surface area contributed by atoms with E-state index in [0.717, 1.165) is 76.8 Å². The van der Waals surface area contributed by atoms with Crippen LogP contribution in [0.15, 0.2) is 60.7 Å². The summed E-state index contributed by atoms with van der Waals surface area (Å²) >= 11 is 0. The SMILES string of the molecule is CC(C)Oc1ccc(-c2nc3ccc(-c4nc5ccc(N6CCN(C)CC6)cc5[nH]4)cc3[nH]2)cc1. The van der Waals surface area contributed by atoms with Crippen molar-refractivity contribution < 1.29 is 4.74 Å². The van der Waals surface area contributed by atoms with Gasteiger partial charge >= 0.3 is 0 Å². The number of ether oxygens (including phenoxy) is 1. The van der Waals surface area contributed by atoms with Gasteiger partial charge in [0.2, 0.25) is 0 Å². The Morgan fingerprint density at radius 1 is 0.743 bits per heavy atom. The third kappa shape index (κ3) is 4.35. The van der Waals surface area contributed by atoms with Crippen LogP contribution in [0.1, 0.15) is 13.8 Å². The van der Waals surface area contributed by atoms with E-state index in [1.807, 2.05) is 44.2 Å². The predicted molar refractivity (Wildman–Crippen MR) is 142 cm³/mol. The minimum absolute atomic E-state index is 0.155. The van der Waals surface area contributed by atoms with Gasteiger partial charge in [-0.3, -0.25) is 0 Å². The lowest BCUT2D eigenvalue weighted by Crippen LogP contribution is -2.44. The van der Waals surface area contributed by atoms with Crippen LogP contribution in [0.25, 0.3) is 44.8 Å². The second kappa shape index (κ2) is 8.74. The van der Waals surface area contributed by atoms with E-state index in [9.17, 15) is 0 Å². The van der Waals surface area contributed by atoms with Gasteiger partial charge in [0.15, 0.2) is 0 Å². The first-order valence-electron chi connectivity index (χ1n) is 12.2. The minimum atomic E-state index is 0.155. The zero-order chi connectivity index (χ0) is 23.9. The Kier molecular flexibility index (Phi) is 5.41. The van der Waals surface area contributed by atoms with Gasteiger partial charge in [-0.1, -0.05) is 0 Å². The van der Waals surface area contributed by atoms with Crippen LogP contribution in [0.5, 0.6) is 5.75 Å². The van der Waals surface area contributed by atoms with Crippen molar-refractivity contribution in [3.8, 4) is 28.5 Å². The van der Waals surface area contributed by atoms with Gasteiger partial charge in [0, 0.05) is 43.0 Å². The fourth-order valence-corrected chi connectivity index (χ4v) is 4.65. The van der Waals surface area contributed by atoms with Gasteiger partial charge in [-0.05, 0) is 81.6 Å². The average molecular weight is 467 g/mol. The summed E-state index contributed by atoms with van der Waals surface area (Å²) in [6, 6.07) is 20.8. The Morgan fingerprint density at radius 2 is 1.34 bits per heavy atom. The first-order chi connectivity index (χ1) is 17.0. The summed E-state index contributed by atoms with van der Waals surface area (Å²) in [6.45, 7) is 8.34. The molecule has 3 heterocycles. The molecule has 1 saturated heterocycles. The van der Waals surface area contributed by atoms with E-state index in [0.29, 0.717) is 0 Å².